The molecule has 94 valence electrons. The summed E-state index contributed by atoms with van der Waals surface area (Å²) < 4.78 is 1.66. The van der Waals surface area contributed by atoms with Crippen molar-refractivity contribution in [1.82, 2.24) is 14.7 Å². The standard InChI is InChI=1S/C10H16N4O3/c1-7-3-8(13(2)12-7)4-14(5-9(11)15)6-10(16)17/h3H,4-6H2,1-2H3,(H2,11,15)(H,16,17). The number of carbonyl (C=O) groups is 2. The largest absolute Gasteiger partial charge is 0.480 e. The first-order valence-electron chi connectivity index (χ1n) is 5.10. The molecule has 1 aromatic heterocycles. The van der Waals surface area contributed by atoms with Crippen LogP contribution in [0, 0.1) is 6.92 Å². The van der Waals surface area contributed by atoms with Crippen LogP contribution in [0.25, 0.3) is 0 Å². The molecule has 7 nitrogen and oxygen atoms in total. The van der Waals surface area contributed by atoms with Gasteiger partial charge in [-0.05, 0) is 13.0 Å². The minimum atomic E-state index is -0.995. The molecule has 7 heteroatoms. The molecule has 0 aliphatic heterocycles. The van der Waals surface area contributed by atoms with E-state index in [9.17, 15) is 9.59 Å². The fourth-order valence-electron chi connectivity index (χ4n) is 1.62. The normalized spacial score (nSPS) is 10.8. The number of primary amides is 1. The zero-order valence-electron chi connectivity index (χ0n) is 9.88. The van der Waals surface area contributed by atoms with Crippen LogP contribution >= 0.6 is 0 Å². The monoisotopic (exact) mass is 240 g/mol. The highest BCUT2D eigenvalue weighted by molar-refractivity contribution is 5.77. The Morgan fingerprint density at radius 3 is 2.59 bits per heavy atom. The molecule has 0 atom stereocenters. The molecule has 0 aliphatic carbocycles. The van der Waals surface area contributed by atoms with Gasteiger partial charge in [0.25, 0.3) is 0 Å². The van der Waals surface area contributed by atoms with E-state index >= 15 is 0 Å². The molecule has 3 N–H and O–H groups in total. The van der Waals surface area contributed by atoms with E-state index in [0.717, 1.165) is 11.4 Å². The van der Waals surface area contributed by atoms with Crippen LogP contribution in [0.2, 0.25) is 0 Å². The molecular formula is C10H16N4O3. The molecule has 0 saturated carbocycles. The number of aromatic nitrogens is 2. The number of nitrogens with two attached hydrogens (primary N) is 1. The topological polar surface area (TPSA) is 101 Å². The second-order valence-electron chi connectivity index (χ2n) is 3.91. The smallest absolute Gasteiger partial charge is 0.317 e. The minimum absolute atomic E-state index is 0.0868. The molecule has 17 heavy (non-hydrogen) atoms. The van der Waals surface area contributed by atoms with Gasteiger partial charge in [-0.3, -0.25) is 19.2 Å². The highest BCUT2D eigenvalue weighted by Gasteiger charge is 2.14. The molecule has 0 aliphatic rings. The maximum atomic E-state index is 10.8. The third kappa shape index (κ3) is 4.23. The zero-order chi connectivity index (χ0) is 13.0. The lowest BCUT2D eigenvalue weighted by Gasteiger charge is -2.18. The van der Waals surface area contributed by atoms with Crippen molar-refractivity contribution < 1.29 is 14.7 Å². The summed E-state index contributed by atoms with van der Waals surface area (Å²) in [5, 5.41) is 12.9. The Balaban J connectivity index is 2.74. The Labute approximate surface area is 98.8 Å². The van der Waals surface area contributed by atoms with Crippen LogP contribution in [0.3, 0.4) is 0 Å². The highest BCUT2D eigenvalue weighted by atomic mass is 16.4. The van der Waals surface area contributed by atoms with Gasteiger partial charge in [-0.25, -0.2) is 0 Å². The molecule has 0 unspecified atom stereocenters. The number of hydrogen-bond acceptors (Lipinski definition) is 4. The predicted octanol–water partition coefficient (Wildman–Crippen LogP) is -0.900. The van der Waals surface area contributed by atoms with Crippen LogP contribution < -0.4 is 5.73 Å². The third-order valence-electron chi connectivity index (χ3n) is 2.22. The molecular weight excluding hydrogens is 224 g/mol. The third-order valence-corrected chi connectivity index (χ3v) is 2.22. The molecule has 0 spiro atoms. The Bertz CT molecular complexity index is 411. The lowest BCUT2D eigenvalue weighted by atomic mass is 10.3. The summed E-state index contributed by atoms with van der Waals surface area (Å²) >= 11 is 0. The van der Waals surface area contributed by atoms with Crippen LogP contribution in [0.4, 0.5) is 0 Å². The zero-order valence-corrected chi connectivity index (χ0v) is 9.88. The summed E-state index contributed by atoms with van der Waals surface area (Å²) in [6.07, 6.45) is 0. The average molecular weight is 240 g/mol. The van der Waals surface area contributed by atoms with Crippen molar-refractivity contribution in [2.24, 2.45) is 12.8 Å². The van der Waals surface area contributed by atoms with Gasteiger partial charge in [0.15, 0.2) is 0 Å². The summed E-state index contributed by atoms with van der Waals surface area (Å²) in [5.41, 5.74) is 6.75. The van der Waals surface area contributed by atoms with Crippen molar-refractivity contribution in [3.8, 4) is 0 Å². The van der Waals surface area contributed by atoms with Gasteiger partial charge in [-0.15, -0.1) is 0 Å². The van der Waals surface area contributed by atoms with Gasteiger partial charge in [0.2, 0.25) is 5.91 Å². The predicted molar refractivity (Wildman–Crippen MR) is 60.1 cm³/mol. The van der Waals surface area contributed by atoms with Gasteiger partial charge >= 0.3 is 5.97 Å². The quantitative estimate of drug-likeness (QED) is 0.671. The summed E-state index contributed by atoms with van der Waals surface area (Å²) in [6, 6.07) is 1.84. The number of hydrogen-bond donors (Lipinski definition) is 2. The maximum Gasteiger partial charge on any atom is 0.317 e. The van der Waals surface area contributed by atoms with Gasteiger partial charge in [0.05, 0.1) is 24.5 Å². The number of aryl methyl sites for hydroxylation is 2. The van der Waals surface area contributed by atoms with Gasteiger partial charge in [-0.1, -0.05) is 0 Å². The molecule has 0 saturated heterocycles. The van der Waals surface area contributed by atoms with E-state index in [1.165, 1.54) is 4.90 Å². The van der Waals surface area contributed by atoms with Crippen LogP contribution in [0.5, 0.6) is 0 Å². The first-order chi connectivity index (χ1) is 7.88. The minimum Gasteiger partial charge on any atom is -0.480 e. The van der Waals surface area contributed by atoms with Crippen LogP contribution in [0.1, 0.15) is 11.4 Å². The molecule has 0 bridgehead atoms. The number of amides is 1. The Hall–Kier alpha value is -1.89. The maximum absolute atomic E-state index is 10.8. The van der Waals surface area contributed by atoms with Gasteiger partial charge in [0, 0.05) is 13.6 Å². The fraction of sp³-hybridized carbons (Fsp3) is 0.500. The van der Waals surface area contributed by atoms with E-state index in [0.29, 0.717) is 6.54 Å². The number of rotatable bonds is 6. The molecule has 1 aromatic rings. The van der Waals surface area contributed by atoms with Crippen molar-refractivity contribution >= 4 is 11.9 Å². The Morgan fingerprint density at radius 2 is 2.18 bits per heavy atom. The van der Waals surface area contributed by atoms with E-state index in [1.54, 1.807) is 11.7 Å². The molecule has 0 fully saturated rings. The number of carbonyl (C=O) groups excluding carboxylic acids is 1. The van der Waals surface area contributed by atoms with Crippen molar-refractivity contribution in [2.45, 2.75) is 13.5 Å². The first kappa shape index (κ1) is 13.2. The van der Waals surface area contributed by atoms with Gasteiger partial charge in [0.1, 0.15) is 0 Å². The molecule has 1 amide bonds. The van der Waals surface area contributed by atoms with Crippen molar-refractivity contribution in [1.29, 1.82) is 0 Å². The van der Waals surface area contributed by atoms with Crippen molar-refractivity contribution in [3.05, 3.63) is 17.5 Å². The fourth-order valence-corrected chi connectivity index (χ4v) is 1.62. The molecule has 0 radical (unpaired) electrons. The van der Waals surface area contributed by atoms with Gasteiger partial charge < -0.3 is 10.8 Å². The van der Waals surface area contributed by atoms with Crippen molar-refractivity contribution in [3.63, 3.8) is 0 Å². The number of nitrogens with zero attached hydrogens (tertiary/aromatic N) is 3. The molecule has 1 heterocycles. The summed E-state index contributed by atoms with van der Waals surface area (Å²) in [4.78, 5) is 23.0. The lowest BCUT2D eigenvalue weighted by molar-refractivity contribution is -0.138. The first-order valence-corrected chi connectivity index (χ1v) is 5.10. The number of carboxylic acids is 1. The summed E-state index contributed by atoms with van der Waals surface area (Å²) in [7, 11) is 1.77. The summed E-state index contributed by atoms with van der Waals surface area (Å²) in [6.45, 7) is 1.86. The second-order valence-corrected chi connectivity index (χ2v) is 3.91. The van der Waals surface area contributed by atoms with E-state index in [1.807, 2.05) is 13.0 Å². The van der Waals surface area contributed by atoms with Crippen LogP contribution in [-0.2, 0) is 23.2 Å². The highest BCUT2D eigenvalue weighted by Crippen LogP contribution is 2.05. The molecule has 1 rings (SSSR count). The molecule has 0 aromatic carbocycles. The second kappa shape index (κ2) is 5.44. The van der Waals surface area contributed by atoms with E-state index in [-0.39, 0.29) is 13.1 Å². The van der Waals surface area contributed by atoms with E-state index in [2.05, 4.69) is 5.10 Å². The van der Waals surface area contributed by atoms with E-state index < -0.39 is 11.9 Å². The number of carboxylic acid groups (broad SMARTS) is 1. The van der Waals surface area contributed by atoms with E-state index in [4.69, 9.17) is 10.8 Å². The van der Waals surface area contributed by atoms with Crippen LogP contribution in [0.15, 0.2) is 6.07 Å². The average Bonchev–Trinajstić information content (AvgIpc) is 2.42. The van der Waals surface area contributed by atoms with Gasteiger partial charge in [-0.2, -0.15) is 5.10 Å². The SMILES string of the molecule is Cc1cc(CN(CC(N)=O)CC(=O)O)n(C)n1. The van der Waals surface area contributed by atoms with Crippen molar-refractivity contribution in [2.75, 3.05) is 13.1 Å². The lowest BCUT2D eigenvalue weighted by Crippen LogP contribution is -2.37. The Morgan fingerprint density at radius 1 is 1.53 bits per heavy atom. The Kier molecular flexibility index (Phi) is 4.22. The number of aliphatic carboxylic acids is 1. The van der Waals surface area contributed by atoms with Crippen LogP contribution in [-0.4, -0.2) is 44.8 Å². The summed E-state index contributed by atoms with van der Waals surface area (Å²) in [5.74, 6) is -1.55.